The minimum atomic E-state index is 0.592. The third-order valence-corrected chi connectivity index (χ3v) is 14.7. The van der Waals surface area contributed by atoms with Crippen molar-refractivity contribution in [3.63, 3.8) is 0 Å². The minimum absolute atomic E-state index is 0.592. The van der Waals surface area contributed by atoms with Crippen LogP contribution in [0, 0.1) is 11.3 Å². The van der Waals surface area contributed by atoms with Gasteiger partial charge < -0.3 is 0 Å². The first-order chi connectivity index (χ1) is 36.6. The number of hydrogen-bond acceptors (Lipinski definition) is 4. The maximum absolute atomic E-state index is 10.7. The van der Waals surface area contributed by atoms with E-state index in [-0.39, 0.29) is 0 Å². The van der Waals surface area contributed by atoms with Gasteiger partial charge in [-0.05, 0) is 135 Å². The predicted octanol–water partition coefficient (Wildman–Crippen LogP) is 18.2. The van der Waals surface area contributed by atoms with Gasteiger partial charge in [0, 0.05) is 22.3 Å². The molecule has 74 heavy (non-hydrogen) atoms. The Bertz CT molecular complexity index is 4430. The van der Waals surface area contributed by atoms with Crippen LogP contribution >= 0.6 is 0 Å². The molecule has 4 nitrogen and oxygen atoms in total. The SMILES string of the molecule is N#Cc1cc(-c2cccc(-c3cccc(-c4nc(-c5ccccc5)nc(-c5ccc(-c6ccc7c(c6)-c6cccc8cccc-7c68)cc5)n4)c3)c2)ccc1-c1ccccc1-c1cc2ccccc2c2ccccc12. The van der Waals surface area contributed by atoms with Crippen molar-refractivity contribution in [2.24, 2.45) is 0 Å². The van der Waals surface area contributed by atoms with Crippen LogP contribution in [-0.4, -0.2) is 15.0 Å². The molecule has 0 bridgehead atoms. The van der Waals surface area contributed by atoms with E-state index in [0.29, 0.717) is 23.0 Å². The lowest BCUT2D eigenvalue weighted by atomic mass is 9.87. The average molecular weight is 939 g/mol. The Hall–Kier alpha value is -10.1. The first-order valence-corrected chi connectivity index (χ1v) is 25.0. The van der Waals surface area contributed by atoms with Crippen molar-refractivity contribution in [2.45, 2.75) is 0 Å². The lowest BCUT2D eigenvalue weighted by molar-refractivity contribution is 1.07. The zero-order valence-electron chi connectivity index (χ0n) is 40.0. The van der Waals surface area contributed by atoms with E-state index in [1.54, 1.807) is 0 Å². The standard InChI is InChI=1S/C70H42N4/c71-43-55-40-51(34-36-57(55)59-25-7-9-27-61(59)65-42-53-16-4-5-23-56(53)58-24-6-8-26-60(58)65)49-20-10-19-48(38-49)50-21-11-22-54(39-50)70-73-68(46-14-2-1-3-15-46)72-69(74-70)47-32-30-44(31-33-47)52-35-37-62-63-28-12-17-45-18-13-29-64(67(45)63)66(62)41-52/h1-42H. The van der Waals surface area contributed by atoms with Gasteiger partial charge in [-0.2, -0.15) is 5.26 Å². The molecule has 1 aromatic heterocycles. The zero-order chi connectivity index (χ0) is 49.1. The molecule has 4 heteroatoms. The first-order valence-electron chi connectivity index (χ1n) is 25.0. The molecule has 0 amide bonds. The van der Waals surface area contributed by atoms with Crippen LogP contribution in [0.4, 0.5) is 0 Å². The quantitative estimate of drug-likeness (QED) is 0.142. The highest BCUT2D eigenvalue weighted by Gasteiger charge is 2.22. The summed E-state index contributed by atoms with van der Waals surface area (Å²) >= 11 is 0. The molecule has 0 radical (unpaired) electrons. The van der Waals surface area contributed by atoms with Gasteiger partial charge in [-0.1, -0.05) is 224 Å². The van der Waals surface area contributed by atoms with Gasteiger partial charge in [0.1, 0.15) is 0 Å². The number of benzene rings is 12. The Kier molecular flexibility index (Phi) is 10.2. The Morgan fingerprint density at radius 3 is 1.38 bits per heavy atom. The zero-order valence-corrected chi connectivity index (χ0v) is 40.0. The highest BCUT2D eigenvalue weighted by atomic mass is 15.0. The molecule has 0 saturated carbocycles. The molecule has 0 aliphatic heterocycles. The molecule has 12 aromatic carbocycles. The normalized spacial score (nSPS) is 11.5. The number of nitrogens with zero attached hydrogens (tertiary/aromatic N) is 4. The van der Waals surface area contributed by atoms with E-state index in [4.69, 9.17) is 15.0 Å². The van der Waals surface area contributed by atoms with Crippen LogP contribution in [0.1, 0.15) is 5.56 Å². The largest absolute Gasteiger partial charge is 0.208 e. The topological polar surface area (TPSA) is 62.5 Å². The Labute approximate surface area is 428 Å². The molecular formula is C70H42N4. The van der Waals surface area contributed by atoms with E-state index < -0.39 is 0 Å². The fourth-order valence-corrected chi connectivity index (χ4v) is 11.1. The van der Waals surface area contributed by atoms with Crippen molar-refractivity contribution in [3.05, 3.63) is 260 Å². The summed E-state index contributed by atoms with van der Waals surface area (Å²) in [5, 5.41) is 18.2. The third-order valence-electron chi connectivity index (χ3n) is 14.7. The molecule has 0 saturated heterocycles. The van der Waals surface area contributed by atoms with Crippen LogP contribution in [0.2, 0.25) is 0 Å². The van der Waals surface area contributed by atoms with Crippen LogP contribution in [0.25, 0.3) is 144 Å². The van der Waals surface area contributed by atoms with Gasteiger partial charge >= 0.3 is 0 Å². The molecule has 1 aliphatic rings. The van der Waals surface area contributed by atoms with Crippen molar-refractivity contribution in [3.8, 4) is 118 Å². The summed E-state index contributed by atoms with van der Waals surface area (Å²) in [7, 11) is 0. The Balaban J connectivity index is 0.787. The molecule has 0 fully saturated rings. The molecule has 1 heterocycles. The number of hydrogen-bond donors (Lipinski definition) is 0. The minimum Gasteiger partial charge on any atom is -0.208 e. The molecule has 1 aliphatic carbocycles. The lowest BCUT2D eigenvalue weighted by Crippen LogP contribution is -2.00. The summed E-state index contributed by atoms with van der Waals surface area (Å²) in [5.41, 5.74) is 19.0. The summed E-state index contributed by atoms with van der Waals surface area (Å²) in [6.07, 6.45) is 0. The Morgan fingerprint density at radius 1 is 0.243 bits per heavy atom. The lowest BCUT2D eigenvalue weighted by Gasteiger charge is -2.16. The molecule has 13 aromatic rings. The van der Waals surface area contributed by atoms with E-state index in [2.05, 4.69) is 224 Å². The number of rotatable bonds is 8. The number of aromatic nitrogens is 3. The fraction of sp³-hybridized carbons (Fsp3) is 0. The van der Waals surface area contributed by atoms with Crippen LogP contribution in [0.5, 0.6) is 0 Å². The van der Waals surface area contributed by atoms with Gasteiger partial charge in [0.2, 0.25) is 0 Å². The third kappa shape index (κ3) is 7.34. The molecular weight excluding hydrogens is 897 g/mol. The maximum Gasteiger partial charge on any atom is 0.164 e. The molecule has 14 rings (SSSR count). The Morgan fingerprint density at radius 2 is 0.676 bits per heavy atom. The monoisotopic (exact) mass is 938 g/mol. The van der Waals surface area contributed by atoms with E-state index in [9.17, 15) is 5.26 Å². The summed E-state index contributed by atoms with van der Waals surface area (Å²) < 4.78 is 0. The van der Waals surface area contributed by atoms with Gasteiger partial charge in [0.15, 0.2) is 17.5 Å². The second kappa shape index (κ2) is 17.6. The van der Waals surface area contributed by atoms with Crippen molar-refractivity contribution in [2.75, 3.05) is 0 Å². The van der Waals surface area contributed by atoms with Crippen molar-refractivity contribution in [1.29, 1.82) is 5.26 Å². The van der Waals surface area contributed by atoms with E-state index in [1.807, 2.05) is 36.4 Å². The van der Waals surface area contributed by atoms with Gasteiger partial charge in [0.25, 0.3) is 0 Å². The second-order valence-electron chi connectivity index (χ2n) is 19.0. The number of fused-ring (bicyclic) bond motifs is 6. The molecule has 342 valence electrons. The fourth-order valence-electron chi connectivity index (χ4n) is 11.1. The smallest absolute Gasteiger partial charge is 0.164 e. The van der Waals surface area contributed by atoms with Crippen LogP contribution in [-0.2, 0) is 0 Å². The van der Waals surface area contributed by atoms with Gasteiger partial charge in [-0.15, -0.1) is 0 Å². The van der Waals surface area contributed by atoms with Crippen molar-refractivity contribution >= 4 is 32.3 Å². The van der Waals surface area contributed by atoms with Gasteiger partial charge in [-0.25, -0.2) is 15.0 Å². The summed E-state index contributed by atoms with van der Waals surface area (Å²) in [6, 6.07) is 92.3. The second-order valence-corrected chi connectivity index (χ2v) is 19.0. The van der Waals surface area contributed by atoms with Crippen LogP contribution in [0.3, 0.4) is 0 Å². The maximum atomic E-state index is 10.7. The summed E-state index contributed by atoms with van der Waals surface area (Å²) in [5.74, 6) is 1.81. The van der Waals surface area contributed by atoms with Crippen molar-refractivity contribution < 1.29 is 0 Å². The highest BCUT2D eigenvalue weighted by molar-refractivity contribution is 6.16. The highest BCUT2D eigenvalue weighted by Crippen LogP contribution is 2.48. The van der Waals surface area contributed by atoms with Crippen molar-refractivity contribution in [1.82, 2.24) is 15.0 Å². The number of nitriles is 1. The van der Waals surface area contributed by atoms with E-state index >= 15 is 0 Å². The van der Waals surface area contributed by atoms with Gasteiger partial charge in [0.05, 0.1) is 11.6 Å². The molecule has 0 spiro atoms. The molecule has 0 N–H and O–H groups in total. The molecule has 0 unspecified atom stereocenters. The average Bonchev–Trinajstić information content (AvgIpc) is 3.82. The predicted molar refractivity (Wildman–Crippen MR) is 305 cm³/mol. The van der Waals surface area contributed by atoms with E-state index in [1.165, 1.54) is 54.6 Å². The van der Waals surface area contributed by atoms with Crippen LogP contribution in [0.15, 0.2) is 255 Å². The van der Waals surface area contributed by atoms with Gasteiger partial charge in [-0.3, -0.25) is 0 Å². The summed E-state index contributed by atoms with van der Waals surface area (Å²) in [4.78, 5) is 15.3. The summed E-state index contributed by atoms with van der Waals surface area (Å²) in [6.45, 7) is 0. The van der Waals surface area contributed by atoms with Crippen LogP contribution < -0.4 is 0 Å². The molecule has 0 atom stereocenters. The first kappa shape index (κ1) is 42.8. The van der Waals surface area contributed by atoms with E-state index in [0.717, 1.165) is 72.3 Å².